The van der Waals surface area contributed by atoms with Crippen molar-refractivity contribution in [3.63, 3.8) is 0 Å². The number of hydrogen-bond acceptors (Lipinski definition) is 3. The highest BCUT2D eigenvalue weighted by Gasteiger charge is 2.28. The SMILES string of the molecule is CC(N)CCCC(C)C(=O)NC(C)(C)C(N)=O. The molecule has 2 unspecified atom stereocenters. The Labute approximate surface area is 103 Å². The number of amides is 2. The van der Waals surface area contributed by atoms with Crippen LogP contribution in [0.4, 0.5) is 0 Å². The standard InChI is InChI=1S/C12H25N3O2/c1-8(6-5-7-9(2)13)10(16)15-12(3,4)11(14)17/h8-9H,5-7,13H2,1-4H3,(H2,14,17)(H,15,16). The van der Waals surface area contributed by atoms with Gasteiger partial charge in [0.1, 0.15) is 5.54 Å². The number of nitrogens with one attached hydrogen (secondary N) is 1. The van der Waals surface area contributed by atoms with Crippen LogP contribution in [0.1, 0.15) is 47.0 Å². The zero-order chi connectivity index (χ0) is 13.6. The molecule has 0 rings (SSSR count). The molecule has 2 amide bonds. The van der Waals surface area contributed by atoms with Crippen LogP contribution >= 0.6 is 0 Å². The predicted molar refractivity (Wildman–Crippen MR) is 68.1 cm³/mol. The summed E-state index contributed by atoms with van der Waals surface area (Å²) in [6.45, 7) is 6.98. The number of rotatable bonds is 7. The van der Waals surface area contributed by atoms with Gasteiger partial charge in [0.05, 0.1) is 0 Å². The number of carbonyl (C=O) groups is 2. The summed E-state index contributed by atoms with van der Waals surface area (Å²) < 4.78 is 0. The molecule has 2 atom stereocenters. The van der Waals surface area contributed by atoms with Crippen molar-refractivity contribution in [2.75, 3.05) is 0 Å². The fraction of sp³-hybridized carbons (Fsp3) is 0.833. The first-order valence-electron chi connectivity index (χ1n) is 6.04. The van der Waals surface area contributed by atoms with Gasteiger partial charge >= 0.3 is 0 Å². The lowest BCUT2D eigenvalue weighted by Gasteiger charge is -2.24. The summed E-state index contributed by atoms with van der Waals surface area (Å²) in [5.74, 6) is -0.806. The van der Waals surface area contributed by atoms with Crippen LogP contribution in [-0.4, -0.2) is 23.4 Å². The van der Waals surface area contributed by atoms with E-state index in [1.54, 1.807) is 13.8 Å². The average Bonchev–Trinajstić information content (AvgIpc) is 2.15. The van der Waals surface area contributed by atoms with Crippen molar-refractivity contribution in [3.05, 3.63) is 0 Å². The van der Waals surface area contributed by atoms with E-state index in [1.807, 2.05) is 13.8 Å². The summed E-state index contributed by atoms with van der Waals surface area (Å²) in [5.41, 5.74) is 9.83. The van der Waals surface area contributed by atoms with Gasteiger partial charge in [-0.3, -0.25) is 9.59 Å². The first-order valence-corrected chi connectivity index (χ1v) is 6.04. The molecule has 0 saturated carbocycles. The quantitative estimate of drug-likeness (QED) is 0.608. The molecule has 0 fully saturated rings. The Bertz CT molecular complexity index is 275. The van der Waals surface area contributed by atoms with E-state index in [4.69, 9.17) is 11.5 Å². The minimum atomic E-state index is -0.994. The molecule has 0 aromatic rings. The van der Waals surface area contributed by atoms with E-state index in [9.17, 15) is 9.59 Å². The lowest BCUT2D eigenvalue weighted by atomic mass is 9.98. The number of hydrogen-bond donors (Lipinski definition) is 3. The molecular weight excluding hydrogens is 218 g/mol. The molecule has 17 heavy (non-hydrogen) atoms. The van der Waals surface area contributed by atoms with Crippen molar-refractivity contribution < 1.29 is 9.59 Å². The molecule has 100 valence electrons. The molecule has 5 heteroatoms. The molecule has 5 nitrogen and oxygen atoms in total. The minimum absolute atomic E-state index is 0.132. The Morgan fingerprint density at radius 3 is 2.18 bits per heavy atom. The highest BCUT2D eigenvalue weighted by atomic mass is 16.2. The highest BCUT2D eigenvalue weighted by molar-refractivity contribution is 5.90. The van der Waals surface area contributed by atoms with Gasteiger partial charge in [0.25, 0.3) is 0 Å². The van der Waals surface area contributed by atoms with E-state index >= 15 is 0 Å². The van der Waals surface area contributed by atoms with Crippen molar-refractivity contribution in [2.45, 2.75) is 58.5 Å². The lowest BCUT2D eigenvalue weighted by Crippen LogP contribution is -2.54. The second-order valence-corrected chi connectivity index (χ2v) is 5.29. The van der Waals surface area contributed by atoms with Crippen LogP contribution in [0.5, 0.6) is 0 Å². The van der Waals surface area contributed by atoms with Crippen molar-refractivity contribution >= 4 is 11.8 Å². The average molecular weight is 243 g/mol. The summed E-state index contributed by atoms with van der Waals surface area (Å²) >= 11 is 0. The van der Waals surface area contributed by atoms with Gasteiger partial charge in [-0.25, -0.2) is 0 Å². The molecule has 0 heterocycles. The Morgan fingerprint density at radius 1 is 1.24 bits per heavy atom. The molecule has 0 aliphatic carbocycles. The summed E-state index contributed by atoms with van der Waals surface area (Å²) in [4.78, 5) is 22.9. The van der Waals surface area contributed by atoms with E-state index < -0.39 is 11.4 Å². The second kappa shape index (κ2) is 6.59. The van der Waals surface area contributed by atoms with Crippen LogP contribution in [0.15, 0.2) is 0 Å². The van der Waals surface area contributed by atoms with E-state index in [2.05, 4.69) is 5.32 Å². The third-order valence-electron chi connectivity index (χ3n) is 2.80. The maximum absolute atomic E-state index is 11.8. The molecule has 0 saturated heterocycles. The number of carbonyl (C=O) groups excluding carboxylic acids is 2. The van der Waals surface area contributed by atoms with E-state index in [1.165, 1.54) is 0 Å². The highest BCUT2D eigenvalue weighted by Crippen LogP contribution is 2.11. The molecular formula is C12H25N3O2. The van der Waals surface area contributed by atoms with Gasteiger partial charge in [0.15, 0.2) is 0 Å². The maximum Gasteiger partial charge on any atom is 0.242 e. The van der Waals surface area contributed by atoms with Gasteiger partial charge in [-0.15, -0.1) is 0 Å². The largest absolute Gasteiger partial charge is 0.368 e. The van der Waals surface area contributed by atoms with Gasteiger partial charge in [-0.05, 0) is 33.6 Å². The van der Waals surface area contributed by atoms with Gasteiger partial charge < -0.3 is 16.8 Å². The van der Waals surface area contributed by atoms with Crippen molar-refractivity contribution in [1.82, 2.24) is 5.32 Å². The van der Waals surface area contributed by atoms with E-state index in [-0.39, 0.29) is 17.9 Å². The lowest BCUT2D eigenvalue weighted by molar-refractivity contribution is -0.132. The molecule has 0 aliphatic heterocycles. The van der Waals surface area contributed by atoms with Gasteiger partial charge in [0, 0.05) is 12.0 Å². The van der Waals surface area contributed by atoms with Crippen LogP contribution < -0.4 is 16.8 Å². The van der Waals surface area contributed by atoms with Crippen LogP contribution in [0.2, 0.25) is 0 Å². The summed E-state index contributed by atoms with van der Waals surface area (Å²) in [6.07, 6.45) is 2.57. The molecule has 0 radical (unpaired) electrons. The fourth-order valence-corrected chi connectivity index (χ4v) is 1.37. The molecule has 0 spiro atoms. The Hall–Kier alpha value is -1.10. The van der Waals surface area contributed by atoms with Crippen LogP contribution in [0, 0.1) is 5.92 Å². The van der Waals surface area contributed by atoms with Gasteiger partial charge in [-0.1, -0.05) is 13.3 Å². The van der Waals surface area contributed by atoms with Crippen LogP contribution in [-0.2, 0) is 9.59 Å². The molecule has 5 N–H and O–H groups in total. The number of nitrogens with two attached hydrogens (primary N) is 2. The normalized spacial score (nSPS) is 15.1. The van der Waals surface area contributed by atoms with Gasteiger partial charge in [-0.2, -0.15) is 0 Å². The third-order valence-corrected chi connectivity index (χ3v) is 2.80. The van der Waals surface area contributed by atoms with Crippen molar-refractivity contribution in [2.24, 2.45) is 17.4 Å². The van der Waals surface area contributed by atoms with Crippen LogP contribution in [0.25, 0.3) is 0 Å². The second-order valence-electron chi connectivity index (χ2n) is 5.29. The Kier molecular flexibility index (Phi) is 6.16. The summed E-state index contributed by atoms with van der Waals surface area (Å²) in [6, 6.07) is 0.160. The monoisotopic (exact) mass is 243 g/mol. The smallest absolute Gasteiger partial charge is 0.242 e. The van der Waals surface area contributed by atoms with E-state index in [0.717, 1.165) is 19.3 Å². The van der Waals surface area contributed by atoms with Crippen molar-refractivity contribution in [1.29, 1.82) is 0 Å². The molecule has 0 aliphatic rings. The predicted octanol–water partition coefficient (Wildman–Crippen LogP) is 0.520. The number of primary amides is 1. The van der Waals surface area contributed by atoms with E-state index in [0.29, 0.717) is 0 Å². The van der Waals surface area contributed by atoms with Crippen LogP contribution in [0.3, 0.4) is 0 Å². The Balaban J connectivity index is 4.10. The first-order chi connectivity index (χ1) is 7.66. The molecule has 0 bridgehead atoms. The molecule has 0 aromatic heterocycles. The summed E-state index contributed by atoms with van der Waals surface area (Å²) in [7, 11) is 0. The Morgan fingerprint density at radius 2 is 1.76 bits per heavy atom. The zero-order valence-electron chi connectivity index (χ0n) is 11.2. The van der Waals surface area contributed by atoms with Crippen molar-refractivity contribution in [3.8, 4) is 0 Å². The molecule has 0 aromatic carbocycles. The minimum Gasteiger partial charge on any atom is -0.368 e. The zero-order valence-corrected chi connectivity index (χ0v) is 11.2. The topological polar surface area (TPSA) is 98.2 Å². The van der Waals surface area contributed by atoms with Gasteiger partial charge in [0.2, 0.25) is 11.8 Å². The maximum atomic E-state index is 11.8. The third kappa shape index (κ3) is 6.26. The first kappa shape index (κ1) is 15.9. The fourth-order valence-electron chi connectivity index (χ4n) is 1.37. The summed E-state index contributed by atoms with van der Waals surface area (Å²) in [5, 5.41) is 2.65.